The number of hydrogen-bond donors (Lipinski definition) is 0. The summed E-state index contributed by atoms with van der Waals surface area (Å²) in [5.74, 6) is 2.59. The molecular weight excluding hydrogens is 340 g/mol. The van der Waals surface area contributed by atoms with Gasteiger partial charge in [-0.3, -0.25) is 0 Å². The van der Waals surface area contributed by atoms with Crippen molar-refractivity contribution in [3.05, 3.63) is 64.8 Å². The quantitative estimate of drug-likeness (QED) is 0.694. The van der Waals surface area contributed by atoms with Crippen molar-refractivity contribution in [1.29, 1.82) is 0 Å². The van der Waals surface area contributed by atoms with Crippen LogP contribution in [0.2, 0.25) is 5.02 Å². The van der Waals surface area contributed by atoms with Crippen LogP contribution in [-0.2, 0) is 6.61 Å². The Bertz CT molecular complexity index is 930. The van der Waals surface area contributed by atoms with Crippen LogP contribution in [0.3, 0.4) is 0 Å². The van der Waals surface area contributed by atoms with Crippen molar-refractivity contribution in [2.24, 2.45) is 0 Å². The van der Waals surface area contributed by atoms with Gasteiger partial charge in [0.1, 0.15) is 6.61 Å². The summed E-state index contributed by atoms with van der Waals surface area (Å²) >= 11 is 6.05. The summed E-state index contributed by atoms with van der Waals surface area (Å²) in [4.78, 5) is 8.95. The van der Waals surface area contributed by atoms with Gasteiger partial charge in [-0.2, -0.15) is 4.98 Å². The van der Waals surface area contributed by atoms with E-state index in [4.69, 9.17) is 25.8 Å². The molecule has 25 heavy (non-hydrogen) atoms. The van der Waals surface area contributed by atoms with Crippen LogP contribution < -0.4 is 14.2 Å². The molecule has 0 bridgehead atoms. The molecule has 0 unspecified atom stereocenters. The summed E-state index contributed by atoms with van der Waals surface area (Å²) < 4.78 is 16.5. The molecule has 0 radical (unpaired) electrons. The third-order valence-corrected chi connectivity index (χ3v) is 3.97. The van der Waals surface area contributed by atoms with Gasteiger partial charge >= 0.3 is 0 Å². The summed E-state index contributed by atoms with van der Waals surface area (Å²) in [5.41, 5.74) is 2.65. The SMILES string of the molecule is Cc1cc(OCc2ccc3c(c2)OCO3)nc(-c2cccc(Cl)c2)n1. The van der Waals surface area contributed by atoms with Crippen molar-refractivity contribution in [2.45, 2.75) is 13.5 Å². The number of aryl methyl sites for hydroxylation is 1. The highest BCUT2D eigenvalue weighted by Gasteiger charge is 2.13. The number of halogens is 1. The number of ether oxygens (including phenoxy) is 3. The van der Waals surface area contributed by atoms with E-state index in [1.165, 1.54) is 0 Å². The molecule has 0 saturated carbocycles. The van der Waals surface area contributed by atoms with Crippen LogP contribution >= 0.6 is 11.6 Å². The van der Waals surface area contributed by atoms with Gasteiger partial charge in [-0.05, 0) is 36.8 Å². The minimum absolute atomic E-state index is 0.258. The Kier molecular flexibility index (Phi) is 4.15. The Morgan fingerprint density at radius 1 is 1.04 bits per heavy atom. The molecule has 126 valence electrons. The van der Waals surface area contributed by atoms with Crippen LogP contribution in [0, 0.1) is 6.92 Å². The molecule has 4 rings (SSSR count). The standard InChI is InChI=1S/C19H15ClN2O3/c1-12-7-18(22-19(21-12)14-3-2-4-15(20)9-14)23-10-13-5-6-16-17(8-13)25-11-24-16/h2-9H,10-11H2,1H3. The molecule has 0 fully saturated rings. The van der Waals surface area contributed by atoms with E-state index in [2.05, 4.69) is 9.97 Å². The molecule has 0 aliphatic carbocycles. The first-order chi connectivity index (χ1) is 12.2. The van der Waals surface area contributed by atoms with Crippen molar-refractivity contribution in [1.82, 2.24) is 9.97 Å². The van der Waals surface area contributed by atoms with Gasteiger partial charge in [0.2, 0.25) is 12.7 Å². The summed E-state index contributed by atoms with van der Waals surface area (Å²) in [6.45, 7) is 2.54. The van der Waals surface area contributed by atoms with Crippen LogP contribution in [0.1, 0.15) is 11.3 Å². The average Bonchev–Trinajstić information content (AvgIpc) is 3.07. The second-order valence-electron chi connectivity index (χ2n) is 5.66. The Hall–Kier alpha value is -2.79. The zero-order valence-corrected chi connectivity index (χ0v) is 14.3. The molecular formula is C19H15ClN2O3. The van der Waals surface area contributed by atoms with E-state index >= 15 is 0 Å². The number of benzene rings is 2. The third kappa shape index (κ3) is 3.51. The maximum Gasteiger partial charge on any atom is 0.231 e. The highest BCUT2D eigenvalue weighted by atomic mass is 35.5. The monoisotopic (exact) mass is 354 g/mol. The molecule has 1 aliphatic heterocycles. The van der Waals surface area contributed by atoms with E-state index in [9.17, 15) is 0 Å². The minimum atomic E-state index is 0.258. The molecule has 0 atom stereocenters. The number of hydrogen-bond acceptors (Lipinski definition) is 5. The van der Waals surface area contributed by atoms with Gasteiger partial charge in [0.25, 0.3) is 0 Å². The number of nitrogens with zero attached hydrogens (tertiary/aromatic N) is 2. The largest absolute Gasteiger partial charge is 0.473 e. The van der Waals surface area contributed by atoms with Crippen molar-refractivity contribution >= 4 is 11.6 Å². The van der Waals surface area contributed by atoms with E-state index in [1.807, 2.05) is 49.4 Å². The predicted molar refractivity (Wildman–Crippen MR) is 94.1 cm³/mol. The smallest absolute Gasteiger partial charge is 0.231 e. The van der Waals surface area contributed by atoms with Gasteiger partial charge in [-0.25, -0.2) is 4.98 Å². The first kappa shape index (κ1) is 15.7. The molecule has 0 N–H and O–H groups in total. The van der Waals surface area contributed by atoms with Crippen LogP contribution in [0.5, 0.6) is 17.4 Å². The van der Waals surface area contributed by atoms with Crippen molar-refractivity contribution in [3.63, 3.8) is 0 Å². The summed E-state index contributed by atoms with van der Waals surface area (Å²) in [6.07, 6.45) is 0. The fourth-order valence-corrected chi connectivity index (χ4v) is 2.75. The maximum absolute atomic E-state index is 6.05. The normalized spacial score (nSPS) is 12.2. The van der Waals surface area contributed by atoms with Gasteiger partial charge in [-0.1, -0.05) is 29.8 Å². The lowest BCUT2D eigenvalue weighted by molar-refractivity contribution is 0.174. The van der Waals surface area contributed by atoms with Gasteiger partial charge in [0.05, 0.1) is 0 Å². The van der Waals surface area contributed by atoms with Crippen molar-refractivity contribution < 1.29 is 14.2 Å². The van der Waals surface area contributed by atoms with Crippen molar-refractivity contribution in [3.8, 4) is 28.8 Å². The molecule has 2 aromatic carbocycles. The van der Waals surface area contributed by atoms with Gasteiger partial charge < -0.3 is 14.2 Å². The highest BCUT2D eigenvalue weighted by molar-refractivity contribution is 6.30. The number of aromatic nitrogens is 2. The second-order valence-corrected chi connectivity index (χ2v) is 6.09. The summed E-state index contributed by atoms with van der Waals surface area (Å²) in [5, 5.41) is 0.644. The summed E-state index contributed by atoms with van der Waals surface area (Å²) in [6, 6.07) is 15.0. The van der Waals surface area contributed by atoms with Gasteiger partial charge in [-0.15, -0.1) is 0 Å². The lowest BCUT2D eigenvalue weighted by atomic mass is 10.2. The van der Waals surface area contributed by atoms with Crippen LogP contribution in [0.15, 0.2) is 48.5 Å². The Balaban J connectivity index is 1.54. The van der Waals surface area contributed by atoms with E-state index in [0.717, 1.165) is 28.3 Å². The molecule has 2 heterocycles. The van der Waals surface area contributed by atoms with E-state index in [1.54, 1.807) is 6.07 Å². The second kappa shape index (κ2) is 6.61. The molecule has 1 aliphatic rings. The Labute approximate surface area is 150 Å². The zero-order chi connectivity index (χ0) is 17.2. The van der Waals surface area contributed by atoms with Gasteiger partial charge in [0.15, 0.2) is 17.3 Å². The molecule has 1 aromatic heterocycles. The lowest BCUT2D eigenvalue weighted by Crippen LogP contribution is -2.00. The highest BCUT2D eigenvalue weighted by Crippen LogP contribution is 2.32. The van der Waals surface area contributed by atoms with E-state index < -0.39 is 0 Å². The van der Waals surface area contributed by atoms with Gasteiger partial charge in [0, 0.05) is 22.3 Å². The van der Waals surface area contributed by atoms with E-state index in [0.29, 0.717) is 23.3 Å². The molecule has 0 amide bonds. The maximum atomic E-state index is 6.05. The topological polar surface area (TPSA) is 53.5 Å². The molecule has 6 heteroatoms. The Morgan fingerprint density at radius 3 is 2.80 bits per heavy atom. The Morgan fingerprint density at radius 2 is 1.92 bits per heavy atom. The lowest BCUT2D eigenvalue weighted by Gasteiger charge is -2.09. The first-order valence-corrected chi connectivity index (χ1v) is 8.18. The van der Waals surface area contributed by atoms with Crippen LogP contribution in [-0.4, -0.2) is 16.8 Å². The third-order valence-electron chi connectivity index (χ3n) is 3.74. The molecule has 0 spiro atoms. The minimum Gasteiger partial charge on any atom is -0.473 e. The molecule has 0 saturated heterocycles. The predicted octanol–water partition coefficient (Wildman–Crippen LogP) is 4.41. The van der Waals surface area contributed by atoms with Crippen LogP contribution in [0.25, 0.3) is 11.4 Å². The fourth-order valence-electron chi connectivity index (χ4n) is 2.56. The summed E-state index contributed by atoms with van der Waals surface area (Å²) in [7, 11) is 0. The molecule has 5 nitrogen and oxygen atoms in total. The van der Waals surface area contributed by atoms with Crippen molar-refractivity contribution in [2.75, 3.05) is 6.79 Å². The molecule has 3 aromatic rings. The zero-order valence-electron chi connectivity index (χ0n) is 13.5. The van der Waals surface area contributed by atoms with E-state index in [-0.39, 0.29) is 6.79 Å². The van der Waals surface area contributed by atoms with Crippen LogP contribution in [0.4, 0.5) is 0 Å². The fraction of sp³-hybridized carbons (Fsp3) is 0.158. The first-order valence-electron chi connectivity index (χ1n) is 7.80. The average molecular weight is 355 g/mol. The number of rotatable bonds is 4. The number of fused-ring (bicyclic) bond motifs is 1.